The molecule has 1 unspecified atom stereocenters. The van der Waals surface area contributed by atoms with E-state index in [1.54, 1.807) is 26.2 Å². The Kier molecular flexibility index (Phi) is 6.12. The van der Waals surface area contributed by atoms with Crippen LogP contribution in [0.1, 0.15) is 20.8 Å². The van der Waals surface area contributed by atoms with Crippen molar-refractivity contribution in [2.45, 2.75) is 32.3 Å². The highest BCUT2D eigenvalue weighted by molar-refractivity contribution is 6.32. The molecule has 0 spiro atoms. The molecule has 0 heterocycles. The van der Waals surface area contributed by atoms with Crippen LogP contribution in [0, 0.1) is 0 Å². The molecule has 0 aliphatic carbocycles. The first-order valence-corrected chi connectivity index (χ1v) is 6.61. The minimum absolute atomic E-state index is 0.0237. The highest BCUT2D eigenvalue weighted by atomic mass is 35.5. The number of anilines is 1. The largest absolute Gasteiger partial charge is 0.495 e. The standard InChI is InChI=1S/C14H20ClNO3/c1-10(2)19-9-16(14(17)11(3)15)12-7-5-6-8-13(12)18-4/h5-8,10-11H,9H2,1-4H3. The van der Waals surface area contributed by atoms with E-state index in [0.717, 1.165) is 0 Å². The maximum absolute atomic E-state index is 12.2. The average Bonchev–Trinajstić information content (AvgIpc) is 2.38. The summed E-state index contributed by atoms with van der Waals surface area (Å²) in [7, 11) is 1.56. The molecule has 0 saturated heterocycles. The van der Waals surface area contributed by atoms with Crippen LogP contribution in [-0.2, 0) is 9.53 Å². The number of rotatable bonds is 6. The van der Waals surface area contributed by atoms with Crippen LogP contribution in [0.25, 0.3) is 0 Å². The van der Waals surface area contributed by atoms with Crippen molar-refractivity contribution in [3.05, 3.63) is 24.3 Å². The number of hydrogen-bond acceptors (Lipinski definition) is 3. The fourth-order valence-corrected chi connectivity index (χ4v) is 1.66. The Hall–Kier alpha value is -1.26. The number of benzene rings is 1. The lowest BCUT2D eigenvalue weighted by Crippen LogP contribution is -2.38. The van der Waals surface area contributed by atoms with Crippen molar-refractivity contribution >= 4 is 23.2 Å². The van der Waals surface area contributed by atoms with E-state index in [1.165, 1.54) is 4.90 Å². The van der Waals surface area contributed by atoms with Crippen LogP contribution in [-0.4, -0.2) is 31.2 Å². The zero-order valence-corrected chi connectivity index (χ0v) is 12.5. The number of carbonyl (C=O) groups is 1. The molecule has 0 aliphatic rings. The SMILES string of the molecule is COc1ccccc1N(COC(C)C)C(=O)C(C)Cl. The Morgan fingerprint density at radius 3 is 2.47 bits per heavy atom. The van der Waals surface area contributed by atoms with Gasteiger partial charge in [-0.1, -0.05) is 12.1 Å². The summed E-state index contributed by atoms with van der Waals surface area (Å²) in [4.78, 5) is 13.7. The molecule has 1 aromatic carbocycles. The van der Waals surface area contributed by atoms with Crippen molar-refractivity contribution in [3.8, 4) is 5.75 Å². The summed E-state index contributed by atoms with van der Waals surface area (Å²) in [6, 6.07) is 7.29. The zero-order valence-electron chi connectivity index (χ0n) is 11.7. The van der Waals surface area contributed by atoms with E-state index < -0.39 is 5.38 Å². The smallest absolute Gasteiger partial charge is 0.246 e. The average molecular weight is 286 g/mol. The van der Waals surface area contributed by atoms with E-state index in [1.807, 2.05) is 26.0 Å². The van der Waals surface area contributed by atoms with Gasteiger partial charge in [0.15, 0.2) is 0 Å². The van der Waals surface area contributed by atoms with Crippen LogP contribution in [0.2, 0.25) is 0 Å². The first-order valence-electron chi connectivity index (χ1n) is 6.17. The molecular weight excluding hydrogens is 266 g/mol. The number of alkyl halides is 1. The molecular formula is C14H20ClNO3. The van der Waals surface area contributed by atoms with Crippen molar-refractivity contribution in [1.82, 2.24) is 0 Å². The predicted octanol–water partition coefficient (Wildman–Crippen LogP) is 3.04. The molecule has 4 nitrogen and oxygen atoms in total. The Labute approximate surface area is 119 Å². The van der Waals surface area contributed by atoms with Crippen LogP contribution in [0.15, 0.2) is 24.3 Å². The van der Waals surface area contributed by atoms with Gasteiger partial charge in [0.1, 0.15) is 17.9 Å². The Balaban J connectivity index is 3.04. The van der Waals surface area contributed by atoms with Crippen molar-refractivity contribution in [3.63, 3.8) is 0 Å². The van der Waals surface area contributed by atoms with Crippen LogP contribution in [0.3, 0.4) is 0 Å². The van der Waals surface area contributed by atoms with Crippen molar-refractivity contribution < 1.29 is 14.3 Å². The van der Waals surface area contributed by atoms with E-state index in [4.69, 9.17) is 21.1 Å². The molecule has 106 valence electrons. The summed E-state index contributed by atoms with van der Waals surface area (Å²) in [6.07, 6.45) is 0.0237. The topological polar surface area (TPSA) is 38.8 Å². The van der Waals surface area contributed by atoms with Gasteiger partial charge in [-0.3, -0.25) is 9.69 Å². The molecule has 1 aromatic rings. The number of amides is 1. The third-order valence-electron chi connectivity index (χ3n) is 2.52. The van der Waals surface area contributed by atoms with Gasteiger partial charge in [-0.15, -0.1) is 11.6 Å². The molecule has 1 amide bonds. The predicted molar refractivity (Wildman–Crippen MR) is 76.9 cm³/mol. The molecule has 0 fully saturated rings. The second-order valence-corrected chi connectivity index (χ2v) is 5.05. The fraction of sp³-hybridized carbons (Fsp3) is 0.500. The molecule has 0 radical (unpaired) electrons. The first kappa shape index (κ1) is 15.8. The van der Waals surface area contributed by atoms with Crippen molar-refractivity contribution in [2.75, 3.05) is 18.7 Å². The normalized spacial score (nSPS) is 12.3. The maximum Gasteiger partial charge on any atom is 0.246 e. The van der Waals surface area contributed by atoms with E-state index in [0.29, 0.717) is 11.4 Å². The highest BCUT2D eigenvalue weighted by Gasteiger charge is 2.23. The van der Waals surface area contributed by atoms with Gasteiger partial charge in [-0.2, -0.15) is 0 Å². The monoisotopic (exact) mass is 285 g/mol. The molecule has 0 N–H and O–H groups in total. The van der Waals surface area contributed by atoms with E-state index in [9.17, 15) is 4.79 Å². The van der Waals surface area contributed by atoms with Gasteiger partial charge >= 0.3 is 0 Å². The number of methoxy groups -OCH3 is 1. The van der Waals surface area contributed by atoms with Gasteiger partial charge in [0.25, 0.3) is 0 Å². The second-order valence-electron chi connectivity index (χ2n) is 4.40. The third-order valence-corrected chi connectivity index (χ3v) is 2.71. The quantitative estimate of drug-likeness (QED) is 0.596. The Morgan fingerprint density at radius 2 is 1.95 bits per heavy atom. The molecule has 1 atom stereocenters. The van der Waals surface area contributed by atoms with Crippen molar-refractivity contribution in [2.24, 2.45) is 0 Å². The summed E-state index contributed by atoms with van der Waals surface area (Å²) in [6.45, 7) is 5.61. The molecule has 0 aliphatic heterocycles. The number of halogens is 1. The lowest BCUT2D eigenvalue weighted by atomic mass is 10.2. The van der Waals surface area contributed by atoms with Crippen LogP contribution < -0.4 is 9.64 Å². The molecule has 0 bridgehead atoms. The van der Waals surface area contributed by atoms with Gasteiger partial charge in [0.05, 0.1) is 18.9 Å². The molecule has 0 saturated carbocycles. The number of carbonyl (C=O) groups excluding carboxylic acids is 1. The number of ether oxygens (including phenoxy) is 2. The summed E-state index contributed by atoms with van der Waals surface area (Å²) in [5.74, 6) is 0.396. The third kappa shape index (κ3) is 4.40. The van der Waals surface area contributed by atoms with E-state index >= 15 is 0 Å². The molecule has 0 aromatic heterocycles. The number of nitrogens with zero attached hydrogens (tertiary/aromatic N) is 1. The molecule has 19 heavy (non-hydrogen) atoms. The number of para-hydroxylation sites is 2. The summed E-state index contributed by atoms with van der Waals surface area (Å²) in [5, 5.41) is -0.624. The highest BCUT2D eigenvalue weighted by Crippen LogP contribution is 2.28. The minimum atomic E-state index is -0.624. The van der Waals surface area contributed by atoms with Gasteiger partial charge in [-0.25, -0.2) is 0 Å². The Bertz CT molecular complexity index is 421. The van der Waals surface area contributed by atoms with E-state index in [-0.39, 0.29) is 18.7 Å². The van der Waals surface area contributed by atoms with Crippen molar-refractivity contribution in [1.29, 1.82) is 0 Å². The first-order chi connectivity index (χ1) is 8.97. The summed E-state index contributed by atoms with van der Waals surface area (Å²) >= 11 is 5.90. The lowest BCUT2D eigenvalue weighted by molar-refractivity contribution is -0.119. The Morgan fingerprint density at radius 1 is 1.32 bits per heavy atom. The molecule has 5 heteroatoms. The maximum atomic E-state index is 12.2. The summed E-state index contributed by atoms with van der Waals surface area (Å²) in [5.41, 5.74) is 0.656. The van der Waals surface area contributed by atoms with Gasteiger partial charge in [-0.05, 0) is 32.9 Å². The van der Waals surface area contributed by atoms with Crippen LogP contribution in [0.5, 0.6) is 5.75 Å². The second kappa shape index (κ2) is 7.36. The van der Waals surface area contributed by atoms with Gasteiger partial charge < -0.3 is 9.47 Å². The zero-order chi connectivity index (χ0) is 14.4. The summed E-state index contributed by atoms with van der Waals surface area (Å²) < 4.78 is 10.8. The molecule has 1 rings (SSSR count). The fourth-order valence-electron chi connectivity index (χ4n) is 1.54. The number of hydrogen-bond donors (Lipinski definition) is 0. The van der Waals surface area contributed by atoms with E-state index in [2.05, 4.69) is 0 Å². The van der Waals surface area contributed by atoms with Gasteiger partial charge in [0.2, 0.25) is 5.91 Å². The van der Waals surface area contributed by atoms with Gasteiger partial charge in [0, 0.05) is 0 Å². The van der Waals surface area contributed by atoms with Crippen LogP contribution in [0.4, 0.5) is 5.69 Å². The van der Waals surface area contributed by atoms with Crippen LogP contribution >= 0.6 is 11.6 Å². The lowest BCUT2D eigenvalue weighted by Gasteiger charge is -2.26. The minimum Gasteiger partial charge on any atom is -0.495 e.